The average molecular weight is 251 g/mol. The second-order valence-electron chi connectivity index (χ2n) is 5.16. The average Bonchev–Trinajstić information content (AvgIpc) is 2.75. The number of aromatic nitrogens is 1. The van der Waals surface area contributed by atoms with E-state index < -0.39 is 0 Å². The lowest BCUT2D eigenvalue weighted by atomic mass is 9.85. The third-order valence-corrected chi connectivity index (χ3v) is 3.54. The van der Waals surface area contributed by atoms with Crippen LogP contribution >= 0.6 is 0 Å². The van der Waals surface area contributed by atoms with Gasteiger partial charge in [-0.25, -0.2) is 0 Å². The molecule has 0 radical (unpaired) electrons. The summed E-state index contributed by atoms with van der Waals surface area (Å²) >= 11 is 0. The molecule has 0 spiro atoms. The van der Waals surface area contributed by atoms with Gasteiger partial charge >= 0.3 is 0 Å². The van der Waals surface area contributed by atoms with Crippen molar-refractivity contribution in [3.8, 4) is 0 Å². The predicted octanol–water partition coefficient (Wildman–Crippen LogP) is 1.95. The molecule has 5 heteroatoms. The lowest BCUT2D eigenvalue weighted by Crippen LogP contribution is -2.34. The predicted molar refractivity (Wildman–Crippen MR) is 69.2 cm³/mol. The first-order chi connectivity index (χ1) is 8.65. The van der Waals surface area contributed by atoms with Crippen molar-refractivity contribution >= 4 is 11.7 Å². The van der Waals surface area contributed by atoms with Crippen LogP contribution < -0.4 is 10.6 Å². The summed E-state index contributed by atoms with van der Waals surface area (Å²) in [7, 11) is 0. The van der Waals surface area contributed by atoms with E-state index >= 15 is 0 Å². The molecule has 1 fully saturated rings. The molecule has 2 N–H and O–H groups in total. The van der Waals surface area contributed by atoms with Gasteiger partial charge in [-0.05, 0) is 44.7 Å². The van der Waals surface area contributed by atoms with Gasteiger partial charge in [0.15, 0.2) is 5.82 Å². The van der Waals surface area contributed by atoms with E-state index in [1.54, 1.807) is 13.0 Å². The normalized spacial score (nSPS) is 21.6. The van der Waals surface area contributed by atoms with Crippen LogP contribution in [0.25, 0.3) is 0 Å². The highest BCUT2D eigenvalue weighted by Crippen LogP contribution is 2.22. The number of aryl methyl sites for hydroxylation is 1. The Morgan fingerprint density at radius 2 is 2.56 bits per heavy atom. The minimum Gasteiger partial charge on any atom is -0.360 e. The first kappa shape index (κ1) is 13.1. The number of anilines is 1. The Bertz CT molecular complexity index is 397. The Morgan fingerprint density at radius 1 is 1.72 bits per heavy atom. The molecule has 1 aromatic heterocycles. The summed E-state index contributed by atoms with van der Waals surface area (Å²) in [6, 6.07) is 1.73. The minimum atomic E-state index is 0.0152. The van der Waals surface area contributed by atoms with Crippen LogP contribution in [0.1, 0.15) is 31.9 Å². The third kappa shape index (κ3) is 3.57. The van der Waals surface area contributed by atoms with Crippen LogP contribution in [-0.2, 0) is 4.79 Å². The van der Waals surface area contributed by atoms with E-state index in [9.17, 15) is 4.79 Å². The van der Waals surface area contributed by atoms with Gasteiger partial charge in [-0.2, -0.15) is 0 Å². The molecule has 2 rings (SSSR count). The summed E-state index contributed by atoms with van der Waals surface area (Å²) in [5.74, 6) is 2.22. The Labute approximate surface area is 107 Å². The topological polar surface area (TPSA) is 67.2 Å². The molecule has 100 valence electrons. The number of nitrogens with zero attached hydrogens (tertiary/aromatic N) is 1. The molecule has 0 aromatic carbocycles. The van der Waals surface area contributed by atoms with Gasteiger partial charge in [0, 0.05) is 12.5 Å². The third-order valence-electron chi connectivity index (χ3n) is 3.54. The van der Waals surface area contributed by atoms with E-state index in [0.717, 1.165) is 13.1 Å². The molecular formula is C13H21N3O2. The molecule has 0 bridgehead atoms. The van der Waals surface area contributed by atoms with E-state index in [-0.39, 0.29) is 5.91 Å². The maximum absolute atomic E-state index is 11.9. The van der Waals surface area contributed by atoms with Crippen LogP contribution in [0.4, 0.5) is 5.82 Å². The van der Waals surface area contributed by atoms with Crippen molar-refractivity contribution in [1.82, 2.24) is 10.5 Å². The van der Waals surface area contributed by atoms with Gasteiger partial charge in [0.05, 0.1) is 0 Å². The Hall–Kier alpha value is -1.36. The van der Waals surface area contributed by atoms with Crippen LogP contribution in [0, 0.1) is 18.8 Å². The highest BCUT2D eigenvalue weighted by molar-refractivity contribution is 5.89. The molecule has 2 atom stereocenters. The molecule has 1 aliphatic heterocycles. The molecule has 0 aliphatic carbocycles. The van der Waals surface area contributed by atoms with Crippen molar-refractivity contribution in [2.45, 2.75) is 33.1 Å². The lowest BCUT2D eigenvalue weighted by Gasteiger charge is -2.27. The molecule has 1 aliphatic rings. The number of piperidine rings is 1. The van der Waals surface area contributed by atoms with Gasteiger partial charge < -0.3 is 15.2 Å². The molecule has 1 aromatic rings. The van der Waals surface area contributed by atoms with Gasteiger partial charge in [0.2, 0.25) is 5.91 Å². The second kappa shape index (κ2) is 6.00. The van der Waals surface area contributed by atoms with Gasteiger partial charge in [0.1, 0.15) is 5.76 Å². The first-order valence-electron chi connectivity index (χ1n) is 6.59. The summed E-state index contributed by atoms with van der Waals surface area (Å²) in [6.45, 7) is 6.08. The first-order valence-corrected chi connectivity index (χ1v) is 6.59. The van der Waals surface area contributed by atoms with Crippen LogP contribution in [0.15, 0.2) is 10.6 Å². The van der Waals surface area contributed by atoms with Crippen LogP contribution in [0.3, 0.4) is 0 Å². The van der Waals surface area contributed by atoms with Gasteiger partial charge in [0.25, 0.3) is 0 Å². The van der Waals surface area contributed by atoms with Gasteiger partial charge in [-0.1, -0.05) is 12.1 Å². The molecular weight excluding hydrogens is 230 g/mol. The van der Waals surface area contributed by atoms with Gasteiger partial charge in [-0.15, -0.1) is 0 Å². The highest BCUT2D eigenvalue weighted by Gasteiger charge is 2.22. The molecule has 2 unspecified atom stereocenters. The van der Waals surface area contributed by atoms with Crippen molar-refractivity contribution in [3.63, 3.8) is 0 Å². The maximum Gasteiger partial charge on any atom is 0.225 e. The largest absolute Gasteiger partial charge is 0.360 e. The fourth-order valence-corrected chi connectivity index (χ4v) is 2.44. The van der Waals surface area contributed by atoms with E-state index in [1.165, 1.54) is 12.8 Å². The number of amides is 1. The van der Waals surface area contributed by atoms with Crippen molar-refractivity contribution in [2.75, 3.05) is 18.4 Å². The van der Waals surface area contributed by atoms with Crippen molar-refractivity contribution < 1.29 is 9.32 Å². The molecule has 1 saturated heterocycles. The maximum atomic E-state index is 11.9. The fraction of sp³-hybridized carbons (Fsp3) is 0.692. The summed E-state index contributed by atoms with van der Waals surface area (Å²) < 4.78 is 4.91. The van der Waals surface area contributed by atoms with E-state index in [1.807, 2.05) is 0 Å². The second-order valence-corrected chi connectivity index (χ2v) is 5.16. The summed E-state index contributed by atoms with van der Waals surface area (Å²) in [5, 5.41) is 9.91. The number of carbonyl (C=O) groups excluding carboxylic acids is 1. The SMILES string of the molecule is Cc1cc(NC(=O)CC(C)C2CCCNC2)no1. The quantitative estimate of drug-likeness (QED) is 0.858. The number of rotatable bonds is 4. The van der Waals surface area contributed by atoms with Crippen LogP contribution in [0.2, 0.25) is 0 Å². The standard InChI is InChI=1S/C13H21N3O2/c1-9(11-4-3-5-14-8-11)6-13(17)15-12-7-10(2)18-16-12/h7,9,11,14H,3-6,8H2,1-2H3,(H,15,16,17). The van der Waals surface area contributed by atoms with Crippen LogP contribution in [0.5, 0.6) is 0 Å². The number of nitrogens with one attached hydrogen (secondary N) is 2. The van der Waals surface area contributed by atoms with Crippen molar-refractivity contribution in [2.24, 2.45) is 11.8 Å². The number of hydrogen-bond acceptors (Lipinski definition) is 4. The highest BCUT2D eigenvalue weighted by atomic mass is 16.5. The summed E-state index contributed by atoms with van der Waals surface area (Å²) in [5.41, 5.74) is 0. The Kier molecular flexibility index (Phi) is 4.36. The minimum absolute atomic E-state index is 0.0152. The lowest BCUT2D eigenvalue weighted by molar-refractivity contribution is -0.117. The molecule has 0 saturated carbocycles. The van der Waals surface area contributed by atoms with Crippen molar-refractivity contribution in [1.29, 1.82) is 0 Å². The molecule has 5 nitrogen and oxygen atoms in total. The van der Waals surface area contributed by atoms with E-state index in [2.05, 4.69) is 22.7 Å². The molecule has 2 heterocycles. The van der Waals surface area contributed by atoms with Gasteiger partial charge in [-0.3, -0.25) is 4.79 Å². The zero-order chi connectivity index (χ0) is 13.0. The zero-order valence-corrected chi connectivity index (χ0v) is 11.0. The fourth-order valence-electron chi connectivity index (χ4n) is 2.44. The number of hydrogen-bond donors (Lipinski definition) is 2. The van der Waals surface area contributed by atoms with Crippen LogP contribution in [-0.4, -0.2) is 24.2 Å². The summed E-state index contributed by atoms with van der Waals surface area (Å²) in [4.78, 5) is 11.9. The molecule has 1 amide bonds. The smallest absolute Gasteiger partial charge is 0.225 e. The zero-order valence-electron chi connectivity index (χ0n) is 11.0. The number of carbonyl (C=O) groups is 1. The summed E-state index contributed by atoms with van der Waals surface area (Å²) in [6.07, 6.45) is 2.96. The van der Waals surface area contributed by atoms with Crippen molar-refractivity contribution in [3.05, 3.63) is 11.8 Å². The van der Waals surface area contributed by atoms with E-state index in [0.29, 0.717) is 29.8 Å². The Balaban J connectivity index is 1.79. The van der Waals surface area contributed by atoms with E-state index in [4.69, 9.17) is 4.52 Å². The monoisotopic (exact) mass is 251 g/mol. The Morgan fingerprint density at radius 3 is 3.17 bits per heavy atom. The molecule has 18 heavy (non-hydrogen) atoms.